The van der Waals surface area contributed by atoms with Crippen molar-refractivity contribution >= 4 is 5.97 Å². The number of hydrogen-bond donors (Lipinski definition) is 0. The molecule has 1 aromatic carbocycles. The van der Waals surface area contributed by atoms with Crippen molar-refractivity contribution in [1.82, 2.24) is 0 Å². The molecule has 0 bridgehead atoms. The molecule has 1 saturated carbocycles. The first-order valence-electron chi connectivity index (χ1n) is 10.4. The lowest BCUT2D eigenvalue weighted by Crippen LogP contribution is -2.46. The van der Waals surface area contributed by atoms with Crippen molar-refractivity contribution in [2.45, 2.75) is 91.1 Å². The zero-order valence-electron chi connectivity index (χ0n) is 17.1. The summed E-state index contributed by atoms with van der Waals surface area (Å²) in [6, 6.07) is 4.29. The lowest BCUT2D eigenvalue weighted by atomic mass is 9.64. The Morgan fingerprint density at radius 3 is 2.73 bits per heavy atom. The van der Waals surface area contributed by atoms with Crippen LogP contribution in [0.5, 0.6) is 11.5 Å². The van der Waals surface area contributed by atoms with Crippen LogP contribution in [0, 0.1) is 11.8 Å². The molecule has 144 valence electrons. The zero-order valence-corrected chi connectivity index (χ0v) is 17.1. The molecule has 1 aliphatic heterocycles. The summed E-state index contributed by atoms with van der Waals surface area (Å²) in [5.41, 5.74) is 2.18. The topological polar surface area (TPSA) is 35.5 Å². The van der Waals surface area contributed by atoms with Crippen molar-refractivity contribution in [3.8, 4) is 11.5 Å². The number of carbonyl (C=O) groups excluding carboxylic acids is 1. The SMILES string of the molecule is CCCCCc1cc(OC(C)=O)c2c(c1)OC(C)(C)[C@@H]1CCC(C)C[C@@H]21. The molecule has 1 heterocycles. The summed E-state index contributed by atoms with van der Waals surface area (Å²) in [7, 11) is 0. The fourth-order valence-corrected chi connectivity index (χ4v) is 4.96. The highest BCUT2D eigenvalue weighted by molar-refractivity contribution is 5.71. The molecule has 3 heteroatoms. The van der Waals surface area contributed by atoms with Crippen LogP contribution in [0.4, 0.5) is 0 Å². The second kappa shape index (κ2) is 7.62. The lowest BCUT2D eigenvalue weighted by molar-refractivity contribution is -0.132. The molecule has 0 radical (unpaired) electrons. The molecule has 1 aliphatic carbocycles. The zero-order chi connectivity index (χ0) is 18.9. The van der Waals surface area contributed by atoms with Gasteiger partial charge in [0, 0.05) is 18.4 Å². The van der Waals surface area contributed by atoms with E-state index < -0.39 is 0 Å². The number of rotatable bonds is 5. The van der Waals surface area contributed by atoms with Gasteiger partial charge < -0.3 is 9.47 Å². The Balaban J connectivity index is 2.03. The van der Waals surface area contributed by atoms with Gasteiger partial charge in [0.2, 0.25) is 0 Å². The van der Waals surface area contributed by atoms with Gasteiger partial charge in [-0.1, -0.05) is 33.1 Å². The predicted molar refractivity (Wildman–Crippen MR) is 105 cm³/mol. The highest BCUT2D eigenvalue weighted by atomic mass is 16.5. The Hall–Kier alpha value is -1.51. The monoisotopic (exact) mass is 358 g/mol. The number of unbranched alkanes of at least 4 members (excludes halogenated alkanes) is 2. The average Bonchev–Trinajstić information content (AvgIpc) is 2.53. The van der Waals surface area contributed by atoms with E-state index >= 15 is 0 Å². The van der Waals surface area contributed by atoms with Gasteiger partial charge in [-0.3, -0.25) is 4.79 Å². The predicted octanol–water partition coefficient (Wildman–Crippen LogP) is 6.04. The van der Waals surface area contributed by atoms with Crippen LogP contribution in [0.25, 0.3) is 0 Å². The van der Waals surface area contributed by atoms with Crippen LogP contribution in [0.2, 0.25) is 0 Å². The van der Waals surface area contributed by atoms with Gasteiger partial charge in [0.15, 0.2) is 0 Å². The minimum absolute atomic E-state index is 0.173. The average molecular weight is 359 g/mol. The second-order valence-corrected chi connectivity index (χ2v) is 8.89. The molecule has 0 amide bonds. The Morgan fingerprint density at radius 2 is 2.04 bits per heavy atom. The molecule has 3 atom stereocenters. The summed E-state index contributed by atoms with van der Waals surface area (Å²) < 4.78 is 12.2. The molecule has 2 aliphatic rings. The first-order chi connectivity index (χ1) is 12.3. The molecule has 0 saturated heterocycles. The van der Waals surface area contributed by atoms with Crippen LogP contribution < -0.4 is 9.47 Å². The van der Waals surface area contributed by atoms with Gasteiger partial charge in [-0.05, 0) is 69.1 Å². The van der Waals surface area contributed by atoms with Gasteiger partial charge in [0.05, 0.1) is 0 Å². The summed E-state index contributed by atoms with van der Waals surface area (Å²) in [5, 5.41) is 0. The van der Waals surface area contributed by atoms with Crippen LogP contribution in [-0.2, 0) is 11.2 Å². The van der Waals surface area contributed by atoms with E-state index in [0.717, 1.165) is 36.3 Å². The lowest BCUT2D eigenvalue weighted by Gasteiger charge is -2.49. The van der Waals surface area contributed by atoms with Gasteiger partial charge >= 0.3 is 5.97 Å². The molecular formula is C23H34O3. The molecule has 1 unspecified atom stereocenters. The maximum atomic E-state index is 11.8. The summed E-state index contributed by atoms with van der Waals surface area (Å²) in [4.78, 5) is 11.8. The number of carbonyl (C=O) groups is 1. The van der Waals surface area contributed by atoms with Crippen LogP contribution >= 0.6 is 0 Å². The van der Waals surface area contributed by atoms with Gasteiger partial charge in [0.25, 0.3) is 0 Å². The Bertz CT molecular complexity index is 662. The van der Waals surface area contributed by atoms with Crippen molar-refractivity contribution in [2.24, 2.45) is 11.8 Å². The van der Waals surface area contributed by atoms with Crippen molar-refractivity contribution in [3.05, 3.63) is 23.3 Å². The van der Waals surface area contributed by atoms with Crippen LogP contribution in [-0.4, -0.2) is 11.6 Å². The first kappa shape index (κ1) is 19.3. The van der Waals surface area contributed by atoms with Crippen molar-refractivity contribution in [2.75, 3.05) is 0 Å². The summed E-state index contributed by atoms with van der Waals surface area (Å²) in [6.07, 6.45) is 8.15. The largest absolute Gasteiger partial charge is 0.487 e. The number of hydrogen-bond acceptors (Lipinski definition) is 3. The van der Waals surface area contributed by atoms with E-state index in [4.69, 9.17) is 9.47 Å². The number of aryl methyl sites for hydroxylation is 1. The minimum Gasteiger partial charge on any atom is -0.487 e. The van der Waals surface area contributed by atoms with E-state index in [1.54, 1.807) is 0 Å². The molecular weight excluding hydrogens is 324 g/mol. The number of fused-ring (bicyclic) bond motifs is 3. The molecule has 0 aromatic heterocycles. The molecule has 1 aromatic rings. The highest BCUT2D eigenvalue weighted by Gasteiger charge is 2.47. The van der Waals surface area contributed by atoms with Gasteiger partial charge in [-0.2, -0.15) is 0 Å². The molecule has 26 heavy (non-hydrogen) atoms. The van der Waals surface area contributed by atoms with Crippen molar-refractivity contribution in [3.63, 3.8) is 0 Å². The van der Waals surface area contributed by atoms with E-state index in [1.165, 1.54) is 38.2 Å². The number of ether oxygens (including phenoxy) is 2. The maximum Gasteiger partial charge on any atom is 0.308 e. The van der Waals surface area contributed by atoms with E-state index in [1.807, 2.05) is 0 Å². The fourth-order valence-electron chi connectivity index (χ4n) is 4.96. The third-order valence-corrected chi connectivity index (χ3v) is 6.24. The summed E-state index contributed by atoms with van der Waals surface area (Å²) in [6.45, 7) is 10.5. The standard InChI is InChI=1S/C23H34O3/c1-6-7-8-9-17-13-20(25-16(3)24)22-18-12-15(2)10-11-19(18)23(4,5)26-21(22)14-17/h13-15,18-19H,6-12H2,1-5H3/t15?,18-,19-/m1/s1. The van der Waals surface area contributed by atoms with E-state index in [2.05, 4.69) is 39.8 Å². The molecule has 0 N–H and O–H groups in total. The Morgan fingerprint density at radius 1 is 1.27 bits per heavy atom. The second-order valence-electron chi connectivity index (χ2n) is 8.89. The van der Waals surface area contributed by atoms with Crippen LogP contribution in [0.15, 0.2) is 12.1 Å². The van der Waals surface area contributed by atoms with Crippen molar-refractivity contribution < 1.29 is 14.3 Å². The summed E-state index contributed by atoms with van der Waals surface area (Å²) in [5.74, 6) is 3.02. The smallest absolute Gasteiger partial charge is 0.308 e. The molecule has 0 spiro atoms. The van der Waals surface area contributed by atoms with E-state index in [-0.39, 0.29) is 11.6 Å². The third-order valence-electron chi connectivity index (χ3n) is 6.24. The van der Waals surface area contributed by atoms with E-state index in [0.29, 0.717) is 17.8 Å². The molecule has 3 nitrogen and oxygen atoms in total. The minimum atomic E-state index is -0.247. The van der Waals surface area contributed by atoms with E-state index in [9.17, 15) is 4.79 Å². The van der Waals surface area contributed by atoms with Crippen molar-refractivity contribution in [1.29, 1.82) is 0 Å². The van der Waals surface area contributed by atoms with Gasteiger partial charge in [-0.15, -0.1) is 0 Å². The van der Waals surface area contributed by atoms with Crippen LogP contribution in [0.1, 0.15) is 90.2 Å². The molecule has 1 fully saturated rings. The quantitative estimate of drug-likeness (QED) is 0.366. The van der Waals surface area contributed by atoms with Gasteiger partial charge in [0.1, 0.15) is 17.1 Å². The first-order valence-corrected chi connectivity index (χ1v) is 10.4. The highest BCUT2D eigenvalue weighted by Crippen LogP contribution is 2.55. The number of esters is 1. The number of benzene rings is 1. The Kier molecular flexibility index (Phi) is 5.64. The summed E-state index contributed by atoms with van der Waals surface area (Å²) >= 11 is 0. The van der Waals surface area contributed by atoms with Gasteiger partial charge in [-0.25, -0.2) is 0 Å². The molecule has 3 rings (SSSR count). The Labute approximate surface area is 158 Å². The fraction of sp³-hybridized carbons (Fsp3) is 0.696. The third kappa shape index (κ3) is 3.92. The van der Waals surface area contributed by atoms with Crippen LogP contribution in [0.3, 0.4) is 0 Å². The normalized spacial score (nSPS) is 26.4. The maximum absolute atomic E-state index is 11.8.